The van der Waals surface area contributed by atoms with Gasteiger partial charge in [-0.15, -0.1) is 0 Å². The average Bonchev–Trinajstić information content (AvgIpc) is 3.18. The fourth-order valence-electron chi connectivity index (χ4n) is 3.68. The van der Waals surface area contributed by atoms with Gasteiger partial charge in [-0.3, -0.25) is 18.8 Å². The summed E-state index contributed by atoms with van der Waals surface area (Å²) in [4.78, 5) is 39.5. The molecule has 8 nitrogen and oxygen atoms in total. The van der Waals surface area contributed by atoms with Gasteiger partial charge in [0.05, 0.1) is 0 Å². The van der Waals surface area contributed by atoms with E-state index in [0.717, 1.165) is 0 Å². The summed E-state index contributed by atoms with van der Waals surface area (Å²) < 4.78 is 11.7. The molecule has 0 unspecified atom stereocenters. The molecule has 0 N–H and O–H groups in total. The first-order chi connectivity index (χ1) is 14.6. The van der Waals surface area contributed by atoms with Gasteiger partial charge >= 0.3 is 11.7 Å². The molecule has 2 aromatic rings. The minimum atomic E-state index is -1.10. The lowest BCUT2D eigenvalue weighted by Crippen LogP contribution is -2.54. The number of benzene rings is 1. The first-order valence-corrected chi connectivity index (χ1v) is 10.3. The van der Waals surface area contributed by atoms with Gasteiger partial charge in [0.1, 0.15) is 5.54 Å². The summed E-state index contributed by atoms with van der Waals surface area (Å²) in [6.45, 7) is 9.60. The minimum Gasteiger partial charge on any atom is -0.439 e. The molecule has 0 bridgehead atoms. The molecule has 1 aliphatic heterocycles. The van der Waals surface area contributed by atoms with Gasteiger partial charge in [-0.25, -0.2) is 9.59 Å². The van der Waals surface area contributed by atoms with Crippen LogP contribution in [-0.2, 0) is 16.1 Å². The molecule has 3 rings (SSSR count). The molecule has 1 aromatic carbocycles. The van der Waals surface area contributed by atoms with Crippen molar-refractivity contribution in [2.24, 2.45) is 5.41 Å². The van der Waals surface area contributed by atoms with Crippen molar-refractivity contribution in [3.63, 3.8) is 0 Å². The normalized spacial score (nSPS) is 21.6. The Morgan fingerprint density at radius 2 is 1.87 bits per heavy atom. The Balaban J connectivity index is 1.80. The Kier molecular flexibility index (Phi) is 6.20. The van der Waals surface area contributed by atoms with E-state index in [2.05, 4.69) is 9.68 Å². The van der Waals surface area contributed by atoms with E-state index >= 15 is 0 Å². The molecular weight excluding hydrogens is 398 g/mol. The van der Waals surface area contributed by atoms with Gasteiger partial charge in [0.2, 0.25) is 0 Å². The first-order valence-electron chi connectivity index (χ1n) is 10.3. The van der Waals surface area contributed by atoms with Crippen LogP contribution in [0.4, 0.5) is 0 Å². The molecule has 1 amide bonds. The number of aromatic nitrogens is 2. The van der Waals surface area contributed by atoms with E-state index < -0.39 is 28.9 Å². The zero-order valence-electron chi connectivity index (χ0n) is 18.6. The first kappa shape index (κ1) is 22.5. The molecule has 2 atom stereocenters. The van der Waals surface area contributed by atoms with Crippen LogP contribution in [0.25, 0.3) is 0 Å². The van der Waals surface area contributed by atoms with E-state index in [4.69, 9.17) is 4.74 Å². The Morgan fingerprint density at radius 3 is 2.45 bits per heavy atom. The molecule has 0 spiro atoms. The average molecular weight is 428 g/mol. The second kappa shape index (κ2) is 8.53. The Bertz CT molecular complexity index is 1030. The molecule has 2 heterocycles. The van der Waals surface area contributed by atoms with Gasteiger partial charge in [0.25, 0.3) is 5.91 Å². The molecule has 31 heavy (non-hydrogen) atoms. The second-order valence-corrected chi connectivity index (χ2v) is 9.06. The van der Waals surface area contributed by atoms with E-state index in [1.54, 1.807) is 43.0 Å². The van der Waals surface area contributed by atoms with Crippen molar-refractivity contribution in [3.8, 4) is 0 Å². The predicted molar refractivity (Wildman–Crippen MR) is 114 cm³/mol. The lowest BCUT2D eigenvalue weighted by atomic mass is 9.88. The van der Waals surface area contributed by atoms with Crippen LogP contribution in [0.1, 0.15) is 56.7 Å². The summed E-state index contributed by atoms with van der Waals surface area (Å²) in [6, 6.07) is 8.92. The molecule has 0 aliphatic carbocycles. The summed E-state index contributed by atoms with van der Waals surface area (Å²) in [7, 11) is 0. The number of carbonyl (C=O) groups excluding carboxylic acids is 2. The number of allylic oxidation sites excluding steroid dienone is 2. The Labute approximate surface area is 181 Å². The highest BCUT2D eigenvalue weighted by molar-refractivity contribution is 5.99. The van der Waals surface area contributed by atoms with Crippen molar-refractivity contribution in [2.75, 3.05) is 0 Å². The largest absolute Gasteiger partial charge is 0.441 e. The van der Waals surface area contributed by atoms with E-state index in [9.17, 15) is 14.4 Å². The third kappa shape index (κ3) is 4.47. The number of amides is 1. The molecule has 1 saturated heterocycles. The second-order valence-electron chi connectivity index (χ2n) is 9.06. The third-order valence-corrected chi connectivity index (χ3v) is 5.52. The summed E-state index contributed by atoms with van der Waals surface area (Å²) in [5, 5.41) is 3.62. The Hall–Kier alpha value is -3.16. The monoisotopic (exact) mass is 427 g/mol. The summed E-state index contributed by atoms with van der Waals surface area (Å²) in [5.41, 5.74) is -1.03. The maximum absolute atomic E-state index is 13.4. The van der Waals surface area contributed by atoms with Crippen LogP contribution in [0.5, 0.6) is 0 Å². The Morgan fingerprint density at radius 1 is 1.19 bits per heavy atom. The van der Waals surface area contributed by atoms with Crippen LogP contribution in [0.2, 0.25) is 0 Å². The van der Waals surface area contributed by atoms with E-state index in [1.807, 2.05) is 39.0 Å². The number of rotatable bonds is 6. The molecule has 1 aromatic heterocycles. The zero-order chi connectivity index (χ0) is 22.8. The lowest BCUT2D eigenvalue weighted by Gasteiger charge is -2.38. The SMILES string of the molecule is Cc1noc(=O)n1CC=CCC[C@@]1(C)C(=O)O[C@H](C(C)(C)C)N1C(=O)c1ccccc1. The van der Waals surface area contributed by atoms with E-state index in [-0.39, 0.29) is 5.91 Å². The van der Waals surface area contributed by atoms with Crippen LogP contribution < -0.4 is 5.76 Å². The van der Waals surface area contributed by atoms with Gasteiger partial charge in [0.15, 0.2) is 12.1 Å². The molecule has 1 aliphatic rings. The topological polar surface area (TPSA) is 94.6 Å². The quantitative estimate of drug-likeness (QED) is 0.519. The van der Waals surface area contributed by atoms with E-state index in [1.165, 1.54) is 4.57 Å². The maximum atomic E-state index is 13.4. The predicted octanol–water partition coefficient (Wildman–Crippen LogP) is 3.31. The van der Waals surface area contributed by atoms with Crippen molar-refractivity contribution >= 4 is 11.9 Å². The number of ether oxygens (including phenoxy) is 1. The number of carbonyl (C=O) groups is 2. The molecule has 0 saturated carbocycles. The highest BCUT2D eigenvalue weighted by Gasteiger charge is 2.57. The van der Waals surface area contributed by atoms with Crippen LogP contribution >= 0.6 is 0 Å². The van der Waals surface area contributed by atoms with Crippen molar-refractivity contribution in [3.05, 3.63) is 64.4 Å². The van der Waals surface area contributed by atoms with Crippen LogP contribution in [-0.4, -0.2) is 38.3 Å². The zero-order valence-corrected chi connectivity index (χ0v) is 18.6. The fourth-order valence-corrected chi connectivity index (χ4v) is 3.68. The number of aryl methyl sites for hydroxylation is 1. The number of nitrogens with zero attached hydrogens (tertiary/aromatic N) is 3. The number of cyclic esters (lactones) is 1. The summed E-state index contributed by atoms with van der Waals surface area (Å²) >= 11 is 0. The number of hydrogen-bond donors (Lipinski definition) is 0. The van der Waals surface area contributed by atoms with Crippen LogP contribution in [0.15, 0.2) is 51.8 Å². The van der Waals surface area contributed by atoms with Gasteiger partial charge in [-0.2, -0.15) is 0 Å². The molecule has 0 radical (unpaired) electrons. The highest BCUT2D eigenvalue weighted by Crippen LogP contribution is 2.41. The highest BCUT2D eigenvalue weighted by atomic mass is 16.6. The van der Waals surface area contributed by atoms with Gasteiger partial charge in [-0.1, -0.05) is 56.3 Å². The molecular formula is C23H29N3O5. The summed E-state index contributed by atoms with van der Waals surface area (Å²) in [6.07, 6.45) is 3.96. The van der Waals surface area contributed by atoms with E-state index in [0.29, 0.717) is 30.8 Å². The maximum Gasteiger partial charge on any atom is 0.441 e. The fraction of sp³-hybridized carbons (Fsp3) is 0.478. The van der Waals surface area contributed by atoms with Crippen molar-refractivity contribution in [1.82, 2.24) is 14.6 Å². The molecule has 8 heteroatoms. The lowest BCUT2D eigenvalue weighted by molar-refractivity contribution is -0.148. The van der Waals surface area contributed by atoms with Crippen LogP contribution in [0.3, 0.4) is 0 Å². The summed E-state index contributed by atoms with van der Waals surface area (Å²) in [5.74, 6) is -0.657. The van der Waals surface area contributed by atoms with Crippen LogP contribution in [0, 0.1) is 12.3 Å². The van der Waals surface area contributed by atoms with Crippen molar-refractivity contribution < 1.29 is 18.8 Å². The number of hydrogen-bond acceptors (Lipinski definition) is 6. The molecule has 166 valence electrons. The standard InChI is InChI=1S/C23H29N3O5/c1-16-24-31-21(29)25(16)15-11-7-10-14-23(5)20(28)30-19(22(2,3)4)26(23)18(27)17-12-8-6-9-13-17/h6-9,11-13,19H,10,14-15H2,1-5H3/t19-,23+/m1/s1. The minimum absolute atomic E-state index is 0.232. The smallest absolute Gasteiger partial charge is 0.439 e. The van der Waals surface area contributed by atoms with Gasteiger partial charge < -0.3 is 4.74 Å². The van der Waals surface area contributed by atoms with Gasteiger partial charge in [-0.05, 0) is 38.8 Å². The molecule has 1 fully saturated rings. The number of esters is 1. The van der Waals surface area contributed by atoms with Gasteiger partial charge in [0, 0.05) is 17.5 Å². The van der Waals surface area contributed by atoms with Crippen molar-refractivity contribution in [1.29, 1.82) is 0 Å². The van der Waals surface area contributed by atoms with Crippen molar-refractivity contribution in [2.45, 2.75) is 65.8 Å². The third-order valence-electron chi connectivity index (χ3n) is 5.52.